The monoisotopic (exact) mass is 420 g/mol. The fourth-order valence-corrected chi connectivity index (χ4v) is 3.53. The fraction of sp³-hybridized carbons (Fsp3) is 0.278. The third-order valence-electron chi connectivity index (χ3n) is 3.54. The quantitative estimate of drug-likeness (QED) is 0.467. The highest BCUT2D eigenvalue weighted by Gasteiger charge is 2.18. The van der Waals surface area contributed by atoms with Crippen LogP contribution in [0.3, 0.4) is 0 Å². The van der Waals surface area contributed by atoms with Crippen LogP contribution in [0.15, 0.2) is 30.3 Å². The van der Waals surface area contributed by atoms with Gasteiger partial charge in [0.25, 0.3) is 0 Å². The average molecular weight is 422 g/mol. The van der Waals surface area contributed by atoms with Crippen LogP contribution in [0, 0.1) is 0 Å². The minimum atomic E-state index is -0.794. The lowest BCUT2D eigenvalue weighted by Crippen LogP contribution is -2.01. The van der Waals surface area contributed by atoms with E-state index in [9.17, 15) is 4.79 Å². The van der Waals surface area contributed by atoms with E-state index in [1.807, 2.05) is 12.1 Å². The van der Waals surface area contributed by atoms with Gasteiger partial charge in [-0.25, -0.2) is 0 Å². The minimum absolute atomic E-state index is 0.156. The Balaban J connectivity index is 2.12. The van der Waals surface area contributed by atoms with Crippen LogP contribution in [0.2, 0.25) is 20.1 Å². The summed E-state index contributed by atoms with van der Waals surface area (Å²) < 4.78 is 5.72. The summed E-state index contributed by atoms with van der Waals surface area (Å²) in [7, 11) is 0. The number of hydrogen-bond acceptors (Lipinski definition) is 2. The van der Waals surface area contributed by atoms with Gasteiger partial charge in [0.1, 0.15) is 0 Å². The van der Waals surface area contributed by atoms with Gasteiger partial charge in [-0.05, 0) is 43.0 Å². The van der Waals surface area contributed by atoms with E-state index in [-0.39, 0.29) is 6.42 Å². The molecule has 7 heteroatoms. The second-order valence-corrected chi connectivity index (χ2v) is 7.05. The third-order valence-corrected chi connectivity index (χ3v) is 4.73. The van der Waals surface area contributed by atoms with Gasteiger partial charge in [-0.1, -0.05) is 58.5 Å². The molecule has 0 aromatic heterocycles. The molecule has 2 rings (SSSR count). The first kappa shape index (κ1) is 20.2. The maximum absolute atomic E-state index is 10.5. The van der Waals surface area contributed by atoms with Crippen LogP contribution in [0.4, 0.5) is 0 Å². The molecule has 1 N–H and O–H groups in total. The van der Waals surface area contributed by atoms with Crippen molar-refractivity contribution in [1.82, 2.24) is 0 Å². The Morgan fingerprint density at radius 3 is 2.28 bits per heavy atom. The molecule has 0 saturated carbocycles. The van der Waals surface area contributed by atoms with Crippen LogP contribution in [-0.4, -0.2) is 17.7 Å². The summed E-state index contributed by atoms with van der Waals surface area (Å²) in [5, 5.41) is 10.3. The molecule has 0 radical (unpaired) electrons. The van der Waals surface area contributed by atoms with Gasteiger partial charge < -0.3 is 9.84 Å². The summed E-state index contributed by atoms with van der Waals surface area (Å²) in [4.78, 5) is 10.5. The molecule has 0 atom stereocenters. The number of aliphatic carboxylic acids is 1. The molecule has 0 bridgehead atoms. The van der Waals surface area contributed by atoms with Crippen molar-refractivity contribution in [3.63, 3.8) is 0 Å². The topological polar surface area (TPSA) is 46.5 Å². The highest BCUT2D eigenvalue weighted by molar-refractivity contribution is 6.43. The number of benzene rings is 2. The van der Waals surface area contributed by atoms with E-state index < -0.39 is 5.97 Å². The first-order chi connectivity index (χ1) is 11.9. The minimum Gasteiger partial charge on any atom is -0.490 e. The standard InChI is InChI=1S/C18H16Cl4O3/c19-12-7-5-11(6-8-12)16-13(20)10-14(21)18(17(16)22)25-9-3-1-2-4-15(23)24/h5-8,10H,1-4,9H2,(H,23,24). The van der Waals surface area contributed by atoms with Crippen molar-refractivity contribution in [3.8, 4) is 16.9 Å². The van der Waals surface area contributed by atoms with Gasteiger partial charge in [0.15, 0.2) is 5.75 Å². The molecule has 0 spiro atoms. The number of unbranched alkanes of at least 4 members (excludes halogenated alkanes) is 2. The van der Waals surface area contributed by atoms with Crippen molar-refractivity contribution in [2.45, 2.75) is 25.7 Å². The van der Waals surface area contributed by atoms with Gasteiger partial charge in [-0.3, -0.25) is 4.79 Å². The van der Waals surface area contributed by atoms with E-state index >= 15 is 0 Å². The van der Waals surface area contributed by atoms with E-state index in [1.165, 1.54) is 0 Å². The van der Waals surface area contributed by atoms with E-state index in [2.05, 4.69) is 0 Å². The first-order valence-corrected chi connectivity index (χ1v) is 9.19. The fourth-order valence-electron chi connectivity index (χ4n) is 2.31. The van der Waals surface area contributed by atoms with Crippen LogP contribution >= 0.6 is 46.4 Å². The van der Waals surface area contributed by atoms with E-state index in [0.717, 1.165) is 12.0 Å². The summed E-state index contributed by atoms with van der Waals surface area (Å²) in [5.41, 5.74) is 1.44. The summed E-state index contributed by atoms with van der Waals surface area (Å²) in [6.45, 7) is 0.390. The van der Waals surface area contributed by atoms with Gasteiger partial charge in [0.2, 0.25) is 0 Å². The lowest BCUT2D eigenvalue weighted by molar-refractivity contribution is -0.137. The molecule has 0 amide bonds. The lowest BCUT2D eigenvalue weighted by atomic mass is 10.1. The number of rotatable bonds is 8. The Labute approximate surface area is 166 Å². The molecule has 2 aromatic carbocycles. The Morgan fingerprint density at radius 2 is 1.64 bits per heavy atom. The van der Waals surface area contributed by atoms with Crippen LogP contribution in [0.1, 0.15) is 25.7 Å². The average Bonchev–Trinajstić information content (AvgIpc) is 2.54. The summed E-state index contributed by atoms with van der Waals surface area (Å²) >= 11 is 24.9. The van der Waals surface area contributed by atoms with Crippen molar-refractivity contribution < 1.29 is 14.6 Å². The number of ether oxygens (including phenoxy) is 1. The predicted molar refractivity (Wildman–Crippen MR) is 104 cm³/mol. The molecule has 0 aliphatic carbocycles. The third kappa shape index (κ3) is 5.68. The van der Waals surface area contributed by atoms with Gasteiger partial charge in [-0.2, -0.15) is 0 Å². The molecular weight excluding hydrogens is 406 g/mol. The molecule has 0 unspecified atom stereocenters. The summed E-state index contributed by atoms with van der Waals surface area (Å²) in [6.07, 6.45) is 2.22. The van der Waals surface area contributed by atoms with Crippen molar-refractivity contribution >= 4 is 52.4 Å². The molecule has 0 aliphatic rings. The molecule has 0 aliphatic heterocycles. The van der Waals surface area contributed by atoms with Gasteiger partial charge >= 0.3 is 5.97 Å². The largest absolute Gasteiger partial charge is 0.490 e. The Kier molecular flexibility index (Phi) is 7.70. The van der Waals surface area contributed by atoms with Crippen LogP contribution in [-0.2, 0) is 4.79 Å². The van der Waals surface area contributed by atoms with Crippen LogP contribution in [0.25, 0.3) is 11.1 Å². The van der Waals surface area contributed by atoms with Gasteiger partial charge in [0, 0.05) is 17.0 Å². The highest BCUT2D eigenvalue weighted by Crippen LogP contribution is 2.45. The SMILES string of the molecule is O=C(O)CCCCCOc1c(Cl)cc(Cl)c(-c2ccc(Cl)cc2)c1Cl. The number of carbonyl (C=O) groups is 1. The van der Waals surface area contributed by atoms with E-state index in [1.54, 1.807) is 18.2 Å². The number of halogens is 4. The molecule has 0 saturated heterocycles. The lowest BCUT2D eigenvalue weighted by Gasteiger charge is -2.15. The predicted octanol–water partition coefficient (Wildman–Crippen LogP) is 6.99. The molecule has 134 valence electrons. The zero-order valence-electron chi connectivity index (χ0n) is 13.2. The molecule has 0 fully saturated rings. The zero-order valence-corrected chi connectivity index (χ0v) is 16.2. The Morgan fingerprint density at radius 1 is 0.960 bits per heavy atom. The van der Waals surface area contributed by atoms with Crippen LogP contribution in [0.5, 0.6) is 5.75 Å². The second-order valence-electron chi connectivity index (χ2n) is 5.42. The number of hydrogen-bond donors (Lipinski definition) is 1. The molecule has 2 aromatic rings. The Hall–Kier alpha value is -1.13. The molecule has 3 nitrogen and oxygen atoms in total. The maximum atomic E-state index is 10.5. The maximum Gasteiger partial charge on any atom is 0.303 e. The smallest absolute Gasteiger partial charge is 0.303 e. The highest BCUT2D eigenvalue weighted by atomic mass is 35.5. The molecule has 25 heavy (non-hydrogen) atoms. The van der Waals surface area contributed by atoms with Gasteiger partial charge in [-0.15, -0.1) is 0 Å². The van der Waals surface area contributed by atoms with Crippen molar-refractivity contribution in [1.29, 1.82) is 0 Å². The van der Waals surface area contributed by atoms with Crippen LogP contribution < -0.4 is 4.74 Å². The van der Waals surface area contributed by atoms with E-state index in [0.29, 0.717) is 50.9 Å². The van der Waals surface area contributed by atoms with E-state index in [4.69, 9.17) is 56.2 Å². The second kappa shape index (κ2) is 9.54. The molecule has 0 heterocycles. The number of carboxylic acids is 1. The molecular formula is C18H16Cl4O3. The van der Waals surface area contributed by atoms with Gasteiger partial charge in [0.05, 0.1) is 21.7 Å². The summed E-state index contributed by atoms with van der Waals surface area (Å²) in [6, 6.07) is 8.74. The first-order valence-electron chi connectivity index (χ1n) is 7.68. The Bertz CT molecular complexity index is 745. The summed E-state index contributed by atoms with van der Waals surface area (Å²) in [5.74, 6) is -0.423. The van der Waals surface area contributed by atoms with Crippen molar-refractivity contribution in [2.24, 2.45) is 0 Å². The zero-order chi connectivity index (χ0) is 18.4. The van der Waals surface area contributed by atoms with Crippen molar-refractivity contribution in [3.05, 3.63) is 50.4 Å². The number of carboxylic acid groups (broad SMARTS) is 1. The normalized spacial score (nSPS) is 10.7. The van der Waals surface area contributed by atoms with Crippen molar-refractivity contribution in [2.75, 3.05) is 6.61 Å².